The summed E-state index contributed by atoms with van der Waals surface area (Å²) in [4.78, 5) is 11.0. The van der Waals surface area contributed by atoms with Crippen LogP contribution in [0.4, 0.5) is 0 Å². The molecule has 0 N–H and O–H groups in total. The van der Waals surface area contributed by atoms with Gasteiger partial charge in [-0.2, -0.15) is 4.89 Å². The second-order valence-corrected chi connectivity index (χ2v) is 5.80. The van der Waals surface area contributed by atoms with Crippen molar-refractivity contribution in [2.45, 2.75) is 59.5 Å². The Morgan fingerprint density at radius 2 is 1.61 bits per heavy atom. The highest BCUT2D eigenvalue weighted by atomic mass is 17.2. The third-order valence-corrected chi connectivity index (χ3v) is 3.70. The standard InChI is InChI=1S/C16H26O2/c1-7-13(4)16(5,6)18-17-15-10-8-14(9-11-15)12(2)3/h8-13H,7H2,1-6H3. The molecule has 0 fully saturated rings. The lowest BCUT2D eigenvalue weighted by molar-refractivity contribution is -0.295. The van der Waals surface area contributed by atoms with Gasteiger partial charge in [-0.15, -0.1) is 0 Å². The van der Waals surface area contributed by atoms with E-state index in [2.05, 4.69) is 53.7 Å². The average Bonchev–Trinajstić information content (AvgIpc) is 2.35. The minimum Gasteiger partial charge on any atom is -0.337 e. The van der Waals surface area contributed by atoms with Gasteiger partial charge in [-0.3, -0.25) is 0 Å². The lowest BCUT2D eigenvalue weighted by Crippen LogP contribution is -2.33. The third-order valence-electron chi connectivity index (χ3n) is 3.70. The molecular weight excluding hydrogens is 224 g/mol. The molecule has 0 aliphatic heterocycles. The summed E-state index contributed by atoms with van der Waals surface area (Å²) in [5.74, 6) is 1.75. The second-order valence-electron chi connectivity index (χ2n) is 5.80. The quantitative estimate of drug-likeness (QED) is 0.525. The highest BCUT2D eigenvalue weighted by molar-refractivity contribution is 5.28. The summed E-state index contributed by atoms with van der Waals surface area (Å²) in [6.45, 7) is 12.8. The number of hydrogen-bond acceptors (Lipinski definition) is 2. The van der Waals surface area contributed by atoms with E-state index in [9.17, 15) is 0 Å². The van der Waals surface area contributed by atoms with Crippen LogP contribution in [0.1, 0.15) is 59.4 Å². The predicted octanol–water partition coefficient (Wildman–Crippen LogP) is 4.95. The maximum Gasteiger partial charge on any atom is 0.165 e. The zero-order valence-corrected chi connectivity index (χ0v) is 12.5. The van der Waals surface area contributed by atoms with Gasteiger partial charge in [-0.25, -0.2) is 0 Å². The summed E-state index contributed by atoms with van der Waals surface area (Å²) in [5.41, 5.74) is 1.04. The molecule has 102 valence electrons. The molecule has 18 heavy (non-hydrogen) atoms. The van der Waals surface area contributed by atoms with Crippen molar-refractivity contribution in [2.75, 3.05) is 0 Å². The monoisotopic (exact) mass is 250 g/mol. The molecule has 0 saturated heterocycles. The Labute approximate surface area is 111 Å². The van der Waals surface area contributed by atoms with Gasteiger partial charge in [0.25, 0.3) is 0 Å². The van der Waals surface area contributed by atoms with Crippen molar-refractivity contribution in [3.63, 3.8) is 0 Å². The van der Waals surface area contributed by atoms with Crippen molar-refractivity contribution in [3.05, 3.63) is 29.8 Å². The lowest BCUT2D eigenvalue weighted by atomic mass is 9.91. The van der Waals surface area contributed by atoms with Gasteiger partial charge in [0.05, 0.1) is 0 Å². The van der Waals surface area contributed by atoms with Gasteiger partial charge in [0.15, 0.2) is 5.75 Å². The summed E-state index contributed by atoms with van der Waals surface area (Å²) in [5, 5.41) is 0. The molecule has 2 nitrogen and oxygen atoms in total. The van der Waals surface area contributed by atoms with Crippen molar-refractivity contribution in [1.82, 2.24) is 0 Å². The van der Waals surface area contributed by atoms with Gasteiger partial charge in [-0.05, 0) is 43.4 Å². The van der Waals surface area contributed by atoms with Gasteiger partial charge in [0.1, 0.15) is 5.60 Å². The highest BCUT2D eigenvalue weighted by Gasteiger charge is 2.27. The molecule has 0 aliphatic carbocycles. The predicted molar refractivity (Wildman–Crippen MR) is 75.8 cm³/mol. The third kappa shape index (κ3) is 4.02. The molecule has 0 heterocycles. The molecule has 0 spiro atoms. The van der Waals surface area contributed by atoms with Crippen LogP contribution >= 0.6 is 0 Å². The Kier molecular flexibility index (Phi) is 5.21. The maximum atomic E-state index is 5.57. The average molecular weight is 250 g/mol. The van der Waals surface area contributed by atoms with E-state index >= 15 is 0 Å². The van der Waals surface area contributed by atoms with Crippen LogP contribution in [0.15, 0.2) is 24.3 Å². The summed E-state index contributed by atoms with van der Waals surface area (Å²) in [6, 6.07) is 8.09. The smallest absolute Gasteiger partial charge is 0.165 e. The molecule has 0 saturated carbocycles. The molecule has 1 aromatic rings. The van der Waals surface area contributed by atoms with Crippen LogP contribution in [0, 0.1) is 5.92 Å². The Hall–Kier alpha value is -1.02. The summed E-state index contributed by atoms with van der Waals surface area (Å²) in [7, 11) is 0. The van der Waals surface area contributed by atoms with Crippen molar-refractivity contribution in [1.29, 1.82) is 0 Å². The van der Waals surface area contributed by atoms with Gasteiger partial charge in [-0.1, -0.05) is 46.2 Å². The van der Waals surface area contributed by atoms with Crippen LogP contribution < -0.4 is 4.89 Å². The van der Waals surface area contributed by atoms with E-state index in [0.717, 1.165) is 12.2 Å². The Morgan fingerprint density at radius 1 is 1.06 bits per heavy atom. The lowest BCUT2D eigenvalue weighted by Gasteiger charge is -2.29. The summed E-state index contributed by atoms with van der Waals surface area (Å²) >= 11 is 0. The normalized spacial score (nSPS) is 13.7. The summed E-state index contributed by atoms with van der Waals surface area (Å²) in [6.07, 6.45) is 1.07. The first-order chi connectivity index (χ1) is 8.36. The van der Waals surface area contributed by atoms with E-state index in [4.69, 9.17) is 9.78 Å². The molecule has 1 atom stereocenters. The van der Waals surface area contributed by atoms with E-state index in [0.29, 0.717) is 11.8 Å². The minimum absolute atomic E-state index is 0.272. The largest absolute Gasteiger partial charge is 0.337 e. The molecule has 0 amide bonds. The topological polar surface area (TPSA) is 18.5 Å². The molecule has 1 aromatic carbocycles. The van der Waals surface area contributed by atoms with E-state index in [1.807, 2.05) is 12.1 Å². The summed E-state index contributed by atoms with van der Waals surface area (Å²) < 4.78 is 0. The number of rotatable bonds is 6. The SMILES string of the molecule is CCC(C)C(C)(C)OOc1ccc(C(C)C)cc1. The second kappa shape index (κ2) is 6.24. The Morgan fingerprint density at radius 3 is 2.06 bits per heavy atom. The first kappa shape index (κ1) is 15.0. The fraction of sp³-hybridized carbons (Fsp3) is 0.625. The van der Waals surface area contributed by atoms with Crippen LogP contribution in [0.25, 0.3) is 0 Å². The first-order valence-corrected chi connectivity index (χ1v) is 6.82. The van der Waals surface area contributed by atoms with Crippen molar-refractivity contribution < 1.29 is 9.78 Å². The van der Waals surface area contributed by atoms with Crippen molar-refractivity contribution in [3.8, 4) is 5.75 Å². The van der Waals surface area contributed by atoms with Crippen molar-refractivity contribution >= 4 is 0 Å². The van der Waals surface area contributed by atoms with Gasteiger partial charge in [0.2, 0.25) is 0 Å². The fourth-order valence-corrected chi connectivity index (χ4v) is 1.64. The van der Waals surface area contributed by atoms with E-state index in [-0.39, 0.29) is 5.60 Å². The molecule has 0 aromatic heterocycles. The Bertz CT molecular complexity index is 352. The minimum atomic E-state index is -0.272. The molecule has 0 radical (unpaired) electrons. The van der Waals surface area contributed by atoms with Crippen LogP contribution in [-0.2, 0) is 4.89 Å². The Balaban J connectivity index is 2.58. The van der Waals surface area contributed by atoms with Crippen LogP contribution in [0.3, 0.4) is 0 Å². The fourth-order valence-electron chi connectivity index (χ4n) is 1.64. The molecule has 1 rings (SSSR count). The molecular formula is C16H26O2. The van der Waals surface area contributed by atoms with E-state index < -0.39 is 0 Å². The maximum absolute atomic E-state index is 5.57. The van der Waals surface area contributed by atoms with E-state index in [1.54, 1.807) is 0 Å². The molecule has 1 unspecified atom stereocenters. The zero-order chi connectivity index (χ0) is 13.8. The molecule has 0 aliphatic rings. The zero-order valence-electron chi connectivity index (χ0n) is 12.5. The van der Waals surface area contributed by atoms with Crippen LogP contribution in [0.2, 0.25) is 0 Å². The number of benzene rings is 1. The number of hydrogen-bond donors (Lipinski definition) is 0. The van der Waals surface area contributed by atoms with Crippen LogP contribution in [0.5, 0.6) is 5.75 Å². The first-order valence-electron chi connectivity index (χ1n) is 6.82. The van der Waals surface area contributed by atoms with E-state index in [1.165, 1.54) is 5.56 Å². The van der Waals surface area contributed by atoms with Crippen molar-refractivity contribution in [2.24, 2.45) is 5.92 Å². The molecule has 0 bridgehead atoms. The van der Waals surface area contributed by atoms with Gasteiger partial charge in [0, 0.05) is 0 Å². The van der Waals surface area contributed by atoms with Gasteiger partial charge >= 0.3 is 0 Å². The van der Waals surface area contributed by atoms with Crippen LogP contribution in [-0.4, -0.2) is 5.60 Å². The highest BCUT2D eigenvalue weighted by Crippen LogP contribution is 2.26. The van der Waals surface area contributed by atoms with Gasteiger partial charge < -0.3 is 4.89 Å². The molecule has 2 heteroatoms.